The van der Waals surface area contributed by atoms with Crippen molar-refractivity contribution in [3.05, 3.63) is 71.3 Å². The largest absolute Gasteiger partial charge is 0.478 e. The number of carbonyl (C=O) groups is 2. The van der Waals surface area contributed by atoms with E-state index in [-0.39, 0.29) is 35.7 Å². The second-order valence-electron chi connectivity index (χ2n) is 8.76. The number of nitrogens with zero attached hydrogens (tertiary/aromatic N) is 2. The van der Waals surface area contributed by atoms with E-state index in [9.17, 15) is 32.3 Å². The van der Waals surface area contributed by atoms with Gasteiger partial charge in [0.25, 0.3) is 0 Å². The average Bonchev–Trinajstić information content (AvgIpc) is 3.47. The molecule has 6 nitrogen and oxygen atoms in total. The summed E-state index contributed by atoms with van der Waals surface area (Å²) in [6.45, 7) is 4.00. The quantitative estimate of drug-likeness (QED) is 0.396. The fourth-order valence-electron chi connectivity index (χ4n) is 4.03. The second kappa shape index (κ2) is 8.83. The molecule has 1 heterocycles. The highest BCUT2D eigenvalue weighted by molar-refractivity contribution is 6.03. The summed E-state index contributed by atoms with van der Waals surface area (Å²) in [6.07, 6.45) is -0.00331. The highest BCUT2D eigenvalue weighted by Gasteiger charge is 2.53. The van der Waals surface area contributed by atoms with E-state index in [0.29, 0.717) is 17.2 Å². The van der Waals surface area contributed by atoms with Crippen molar-refractivity contribution in [2.24, 2.45) is 0 Å². The number of halogens is 4. The monoisotopic (exact) mass is 489 g/mol. The maximum atomic E-state index is 14.5. The predicted molar refractivity (Wildman–Crippen MR) is 121 cm³/mol. The number of carbonyl (C=O) groups excluding carboxylic acids is 1. The molecule has 4 rings (SSSR count). The molecule has 0 radical (unpaired) electrons. The van der Waals surface area contributed by atoms with Crippen LogP contribution in [0.4, 0.5) is 23.2 Å². The molecule has 1 saturated carbocycles. The van der Waals surface area contributed by atoms with Crippen LogP contribution in [0.15, 0.2) is 48.8 Å². The van der Waals surface area contributed by atoms with E-state index >= 15 is 0 Å². The average molecular weight is 489 g/mol. The van der Waals surface area contributed by atoms with E-state index in [0.717, 1.165) is 18.6 Å². The number of aromatic carboxylic acids is 1. The maximum absolute atomic E-state index is 14.5. The van der Waals surface area contributed by atoms with Gasteiger partial charge in [-0.3, -0.25) is 9.48 Å². The van der Waals surface area contributed by atoms with Gasteiger partial charge in [0.05, 0.1) is 22.7 Å². The Balaban J connectivity index is 1.60. The van der Waals surface area contributed by atoms with Crippen LogP contribution >= 0.6 is 0 Å². The summed E-state index contributed by atoms with van der Waals surface area (Å²) >= 11 is 0. The Morgan fingerprint density at radius 2 is 1.91 bits per heavy atom. The molecule has 1 atom stereocenters. The molecule has 1 amide bonds. The number of anilines is 1. The summed E-state index contributed by atoms with van der Waals surface area (Å²) in [4.78, 5) is 25.0. The number of amides is 1. The summed E-state index contributed by atoms with van der Waals surface area (Å²) in [5, 5.41) is 16.6. The SMILES string of the molecule is CC[C@H](C)n1cc(-c2ccc(NC(=O)C3(c4ccc(C(F)(F)F)cc4F)CC3)cc2C(=O)O)cn1. The number of aromatic nitrogens is 2. The third-order valence-corrected chi connectivity index (χ3v) is 6.46. The summed E-state index contributed by atoms with van der Waals surface area (Å²) in [5.74, 6) is -2.92. The van der Waals surface area contributed by atoms with Gasteiger partial charge in [-0.25, -0.2) is 9.18 Å². The number of rotatable bonds is 7. The van der Waals surface area contributed by atoms with Crippen LogP contribution in [-0.4, -0.2) is 26.8 Å². The van der Waals surface area contributed by atoms with Gasteiger partial charge in [-0.15, -0.1) is 0 Å². The van der Waals surface area contributed by atoms with Crippen molar-refractivity contribution in [1.82, 2.24) is 9.78 Å². The van der Waals surface area contributed by atoms with Gasteiger partial charge in [-0.2, -0.15) is 18.3 Å². The molecule has 2 aromatic carbocycles. The lowest BCUT2D eigenvalue weighted by molar-refractivity contribution is -0.137. The van der Waals surface area contributed by atoms with Crippen LogP contribution < -0.4 is 5.32 Å². The molecule has 35 heavy (non-hydrogen) atoms. The van der Waals surface area contributed by atoms with Crippen LogP contribution in [0, 0.1) is 5.82 Å². The number of carboxylic acid groups (broad SMARTS) is 1. The van der Waals surface area contributed by atoms with Gasteiger partial charge < -0.3 is 10.4 Å². The summed E-state index contributed by atoms with van der Waals surface area (Å²) in [7, 11) is 0. The normalized spacial score (nSPS) is 15.5. The molecule has 0 unspecified atom stereocenters. The fraction of sp³-hybridized carbons (Fsp3) is 0.320. The Hall–Kier alpha value is -3.69. The van der Waals surface area contributed by atoms with Gasteiger partial charge in [-0.05, 0) is 56.0 Å². The minimum Gasteiger partial charge on any atom is -0.478 e. The van der Waals surface area contributed by atoms with Crippen molar-refractivity contribution in [2.45, 2.75) is 50.7 Å². The fourth-order valence-corrected chi connectivity index (χ4v) is 4.03. The van der Waals surface area contributed by atoms with Crippen molar-refractivity contribution < 1.29 is 32.3 Å². The lowest BCUT2D eigenvalue weighted by Crippen LogP contribution is -2.29. The van der Waals surface area contributed by atoms with Crippen LogP contribution in [0.5, 0.6) is 0 Å². The number of alkyl halides is 3. The Kier molecular flexibility index (Phi) is 6.16. The minimum atomic E-state index is -4.70. The van der Waals surface area contributed by atoms with E-state index in [4.69, 9.17) is 0 Å². The molecule has 1 aliphatic carbocycles. The second-order valence-corrected chi connectivity index (χ2v) is 8.76. The molecule has 10 heteroatoms. The van der Waals surface area contributed by atoms with Crippen LogP contribution in [0.3, 0.4) is 0 Å². The molecule has 1 aromatic heterocycles. The van der Waals surface area contributed by atoms with E-state index in [1.165, 1.54) is 12.1 Å². The van der Waals surface area contributed by atoms with E-state index in [1.54, 1.807) is 23.1 Å². The Labute approximate surface area is 198 Å². The number of nitrogens with one attached hydrogen (secondary N) is 1. The van der Waals surface area contributed by atoms with Gasteiger partial charge in [0, 0.05) is 29.1 Å². The lowest BCUT2D eigenvalue weighted by atomic mass is 9.93. The number of hydrogen-bond donors (Lipinski definition) is 2. The van der Waals surface area contributed by atoms with Gasteiger partial charge in [0.1, 0.15) is 5.82 Å². The third-order valence-electron chi connectivity index (χ3n) is 6.46. The zero-order valence-electron chi connectivity index (χ0n) is 19.0. The maximum Gasteiger partial charge on any atom is 0.416 e. The Morgan fingerprint density at radius 1 is 1.20 bits per heavy atom. The van der Waals surface area contributed by atoms with Crippen LogP contribution in [0.2, 0.25) is 0 Å². The summed E-state index contributed by atoms with van der Waals surface area (Å²) in [5.41, 5.74) is -1.40. The van der Waals surface area contributed by atoms with Gasteiger partial charge >= 0.3 is 12.1 Å². The Morgan fingerprint density at radius 3 is 2.49 bits per heavy atom. The van der Waals surface area contributed by atoms with Crippen LogP contribution in [0.25, 0.3) is 11.1 Å². The Bertz CT molecular complexity index is 1300. The molecule has 0 spiro atoms. The standard InChI is InChI=1S/C25H23F4N3O3/c1-3-14(2)32-13-15(12-30-32)18-6-5-17(11-19(18)22(33)34)31-23(35)24(8-9-24)20-7-4-16(10-21(20)26)25(27,28)29/h4-7,10-14H,3,8-9H2,1-2H3,(H,31,35)(H,33,34)/t14-/m0/s1. The zero-order valence-corrected chi connectivity index (χ0v) is 19.0. The molecule has 184 valence electrons. The van der Waals surface area contributed by atoms with Crippen molar-refractivity contribution in [3.8, 4) is 11.1 Å². The molecule has 0 aliphatic heterocycles. The molecule has 1 fully saturated rings. The van der Waals surface area contributed by atoms with Crippen molar-refractivity contribution in [1.29, 1.82) is 0 Å². The minimum absolute atomic E-state index is 0.0583. The van der Waals surface area contributed by atoms with E-state index in [1.807, 2.05) is 13.8 Å². The number of benzene rings is 2. The van der Waals surface area contributed by atoms with Gasteiger partial charge in [0.15, 0.2) is 0 Å². The number of carboxylic acids is 1. The first-order chi connectivity index (χ1) is 16.5. The van der Waals surface area contributed by atoms with Crippen LogP contribution in [0.1, 0.15) is 60.6 Å². The predicted octanol–water partition coefficient (Wildman–Crippen LogP) is 6.05. The summed E-state index contributed by atoms with van der Waals surface area (Å²) in [6, 6.07) is 6.65. The number of hydrogen-bond acceptors (Lipinski definition) is 3. The molecule has 1 aliphatic rings. The molecule has 3 aromatic rings. The van der Waals surface area contributed by atoms with Gasteiger partial charge in [0.2, 0.25) is 5.91 Å². The molecule has 0 saturated heterocycles. The first-order valence-corrected chi connectivity index (χ1v) is 11.1. The highest BCUT2D eigenvalue weighted by atomic mass is 19.4. The van der Waals surface area contributed by atoms with Gasteiger partial charge in [-0.1, -0.05) is 19.1 Å². The van der Waals surface area contributed by atoms with E-state index in [2.05, 4.69) is 10.4 Å². The lowest BCUT2D eigenvalue weighted by Gasteiger charge is -2.18. The van der Waals surface area contributed by atoms with Crippen molar-refractivity contribution in [3.63, 3.8) is 0 Å². The summed E-state index contributed by atoms with van der Waals surface area (Å²) < 4.78 is 54.9. The third kappa shape index (κ3) is 4.65. The molecular formula is C25H23F4N3O3. The van der Waals surface area contributed by atoms with Crippen molar-refractivity contribution >= 4 is 17.6 Å². The zero-order chi connectivity index (χ0) is 25.5. The van der Waals surface area contributed by atoms with Crippen LogP contribution in [-0.2, 0) is 16.4 Å². The topological polar surface area (TPSA) is 84.2 Å². The molecule has 2 N–H and O–H groups in total. The smallest absolute Gasteiger partial charge is 0.416 e. The highest BCUT2D eigenvalue weighted by Crippen LogP contribution is 2.50. The molecule has 0 bridgehead atoms. The first kappa shape index (κ1) is 24.4. The molecular weight excluding hydrogens is 466 g/mol. The first-order valence-electron chi connectivity index (χ1n) is 11.1. The van der Waals surface area contributed by atoms with E-state index < -0.39 is 34.8 Å². The van der Waals surface area contributed by atoms with Crippen molar-refractivity contribution in [2.75, 3.05) is 5.32 Å².